The van der Waals surface area contributed by atoms with E-state index in [1.54, 1.807) is 14.2 Å². The molecule has 2 aliphatic rings. The molecule has 8 heteroatoms. The Morgan fingerprint density at radius 3 is 2.56 bits per heavy atom. The molecule has 0 spiro atoms. The van der Waals surface area contributed by atoms with Crippen LogP contribution in [-0.4, -0.2) is 32.9 Å². The minimum Gasteiger partial charge on any atom is -0.493 e. The van der Waals surface area contributed by atoms with E-state index in [2.05, 4.69) is 46.3 Å². The Labute approximate surface area is 239 Å². The van der Waals surface area contributed by atoms with Gasteiger partial charge in [0.1, 0.15) is 0 Å². The fourth-order valence-electron chi connectivity index (χ4n) is 5.47. The van der Waals surface area contributed by atoms with Crippen molar-refractivity contribution in [2.45, 2.75) is 18.9 Å². The average molecular weight is 603 g/mol. The van der Waals surface area contributed by atoms with E-state index in [1.165, 1.54) is 16.9 Å². The largest absolute Gasteiger partial charge is 0.493 e. The molecule has 198 valence electrons. The molecule has 39 heavy (non-hydrogen) atoms. The van der Waals surface area contributed by atoms with Crippen LogP contribution in [0.2, 0.25) is 0 Å². The number of halogens is 1. The van der Waals surface area contributed by atoms with Crippen molar-refractivity contribution in [2.75, 3.05) is 33.2 Å². The third kappa shape index (κ3) is 4.41. The number of methoxy groups -OCH3 is 2. The van der Waals surface area contributed by atoms with E-state index in [-0.39, 0.29) is 11.6 Å². The molecule has 0 saturated carbocycles. The Bertz CT molecular complexity index is 1820. The minimum atomic E-state index is -0.283. The van der Waals surface area contributed by atoms with Crippen LogP contribution in [0.4, 0.5) is 5.69 Å². The van der Waals surface area contributed by atoms with Gasteiger partial charge in [-0.3, -0.25) is 9.36 Å². The molecule has 0 amide bonds. The van der Waals surface area contributed by atoms with Crippen molar-refractivity contribution in [2.24, 2.45) is 4.99 Å². The second kappa shape index (κ2) is 10.2. The van der Waals surface area contributed by atoms with Crippen molar-refractivity contribution >= 4 is 44.7 Å². The molecular weight excluding hydrogens is 574 g/mol. The Morgan fingerprint density at radius 1 is 1.03 bits per heavy atom. The Kier molecular flexibility index (Phi) is 6.69. The maximum Gasteiger partial charge on any atom is 0.271 e. The van der Waals surface area contributed by atoms with Gasteiger partial charge in [-0.05, 0) is 81.4 Å². The normalized spacial score (nSPS) is 16.2. The molecule has 0 N–H and O–H groups in total. The quantitative estimate of drug-likeness (QED) is 0.317. The molecule has 6 rings (SSSR count). The lowest BCUT2D eigenvalue weighted by molar-refractivity contribution is 0.354. The van der Waals surface area contributed by atoms with Crippen LogP contribution in [0.15, 0.2) is 80.5 Å². The number of anilines is 1. The van der Waals surface area contributed by atoms with E-state index < -0.39 is 0 Å². The molecule has 0 fully saturated rings. The summed E-state index contributed by atoms with van der Waals surface area (Å²) in [5.74, 6) is 1.29. The zero-order valence-corrected chi connectivity index (χ0v) is 24.6. The zero-order chi connectivity index (χ0) is 27.3. The van der Waals surface area contributed by atoms with Crippen LogP contribution in [0.25, 0.3) is 11.8 Å². The minimum absolute atomic E-state index is 0.0447. The molecule has 0 bridgehead atoms. The van der Waals surface area contributed by atoms with Gasteiger partial charge in [-0.2, -0.15) is 0 Å². The maximum absolute atomic E-state index is 14.0. The van der Waals surface area contributed by atoms with Gasteiger partial charge in [0.05, 0.1) is 36.2 Å². The summed E-state index contributed by atoms with van der Waals surface area (Å²) in [5, 5.41) is 0. The predicted molar refractivity (Wildman–Crippen MR) is 161 cm³/mol. The SMILES string of the molecule is COc1ccc([C@H]2C3=C(N=c4s/c(=C\c5ccc(N(C)C)c(Br)c5)c(=O)n42)c2ccccc2CC3)cc1OC. The van der Waals surface area contributed by atoms with Gasteiger partial charge in [-0.15, -0.1) is 0 Å². The lowest BCUT2D eigenvalue weighted by atomic mass is 9.83. The Balaban J connectivity index is 1.58. The highest BCUT2D eigenvalue weighted by Crippen LogP contribution is 2.42. The summed E-state index contributed by atoms with van der Waals surface area (Å²) >= 11 is 5.10. The number of aromatic nitrogens is 1. The average Bonchev–Trinajstić information content (AvgIpc) is 3.25. The molecule has 1 aliphatic carbocycles. The Morgan fingerprint density at radius 2 is 1.82 bits per heavy atom. The van der Waals surface area contributed by atoms with Gasteiger partial charge in [0.25, 0.3) is 5.56 Å². The fourth-order valence-corrected chi connectivity index (χ4v) is 7.22. The van der Waals surface area contributed by atoms with Crippen LogP contribution in [0.3, 0.4) is 0 Å². The number of hydrogen-bond donors (Lipinski definition) is 0. The highest BCUT2D eigenvalue weighted by molar-refractivity contribution is 9.10. The molecular formula is C31H28BrN3O3S. The van der Waals surface area contributed by atoms with Crippen molar-refractivity contribution < 1.29 is 9.47 Å². The van der Waals surface area contributed by atoms with Crippen LogP contribution in [-0.2, 0) is 6.42 Å². The van der Waals surface area contributed by atoms with E-state index in [4.69, 9.17) is 14.5 Å². The van der Waals surface area contributed by atoms with Gasteiger partial charge < -0.3 is 14.4 Å². The molecule has 1 aliphatic heterocycles. The first-order valence-corrected chi connectivity index (χ1v) is 14.3. The molecule has 2 heterocycles. The monoisotopic (exact) mass is 601 g/mol. The number of hydrogen-bond acceptors (Lipinski definition) is 6. The lowest BCUT2D eigenvalue weighted by Crippen LogP contribution is -2.38. The summed E-state index contributed by atoms with van der Waals surface area (Å²) in [6.07, 6.45) is 3.69. The van der Waals surface area contributed by atoms with E-state index in [9.17, 15) is 4.79 Å². The first-order valence-electron chi connectivity index (χ1n) is 12.7. The maximum atomic E-state index is 14.0. The van der Waals surface area contributed by atoms with Crippen molar-refractivity contribution in [3.63, 3.8) is 0 Å². The number of benzene rings is 3. The third-order valence-corrected chi connectivity index (χ3v) is 8.97. The topological polar surface area (TPSA) is 56.1 Å². The highest BCUT2D eigenvalue weighted by Gasteiger charge is 2.33. The van der Waals surface area contributed by atoms with Crippen molar-refractivity contribution in [1.29, 1.82) is 0 Å². The van der Waals surface area contributed by atoms with Crippen LogP contribution in [0.5, 0.6) is 11.5 Å². The molecule has 1 atom stereocenters. The van der Waals surface area contributed by atoms with Gasteiger partial charge in [0.15, 0.2) is 16.3 Å². The number of allylic oxidation sites excluding steroid dienone is 1. The molecule has 0 radical (unpaired) electrons. The number of nitrogens with zero attached hydrogens (tertiary/aromatic N) is 3. The fraction of sp³-hybridized carbons (Fsp3) is 0.226. The summed E-state index contributed by atoms with van der Waals surface area (Å²) in [7, 11) is 7.27. The number of rotatable bonds is 5. The van der Waals surface area contributed by atoms with E-state index in [0.29, 0.717) is 20.8 Å². The van der Waals surface area contributed by atoms with Gasteiger partial charge in [0, 0.05) is 24.1 Å². The van der Waals surface area contributed by atoms with E-state index in [1.807, 2.05) is 60.0 Å². The van der Waals surface area contributed by atoms with E-state index in [0.717, 1.165) is 51.0 Å². The lowest BCUT2D eigenvalue weighted by Gasteiger charge is -2.31. The van der Waals surface area contributed by atoms with Crippen molar-refractivity contribution in [3.05, 3.63) is 113 Å². The smallest absolute Gasteiger partial charge is 0.271 e. The summed E-state index contributed by atoms with van der Waals surface area (Å²) in [4.78, 5) is 21.9. The van der Waals surface area contributed by atoms with Crippen LogP contribution < -0.4 is 29.3 Å². The van der Waals surface area contributed by atoms with Crippen molar-refractivity contribution in [3.8, 4) is 11.5 Å². The first kappa shape index (κ1) is 25.6. The second-order valence-electron chi connectivity index (χ2n) is 9.83. The standard InChI is InChI=1S/C31H28BrN3O3S/c1-34(2)24-13-9-18(15-23(24)32)16-27-30(36)35-29(20-11-14-25(37-3)26(17-20)38-4)22-12-10-19-7-5-6-8-21(19)28(22)33-31(35)39-27/h5-9,11,13-17,29H,10,12H2,1-4H3/b27-16-/t29-/m0/s1. The van der Waals surface area contributed by atoms with Gasteiger partial charge in [0.2, 0.25) is 0 Å². The Hall–Kier alpha value is -3.62. The molecule has 4 aromatic rings. The number of thiazole rings is 1. The summed E-state index contributed by atoms with van der Waals surface area (Å²) < 4.78 is 14.6. The zero-order valence-electron chi connectivity index (χ0n) is 22.2. The predicted octanol–water partition coefficient (Wildman–Crippen LogP) is 5.16. The number of fused-ring (bicyclic) bond motifs is 3. The molecule has 3 aromatic carbocycles. The third-order valence-electron chi connectivity index (χ3n) is 7.35. The molecule has 0 unspecified atom stereocenters. The number of ether oxygens (including phenoxy) is 2. The van der Waals surface area contributed by atoms with E-state index >= 15 is 0 Å². The molecule has 0 saturated heterocycles. The van der Waals surface area contributed by atoms with Crippen molar-refractivity contribution in [1.82, 2.24) is 4.57 Å². The van der Waals surface area contributed by atoms with Crippen LogP contribution in [0, 0.1) is 0 Å². The molecule has 1 aromatic heterocycles. The summed E-state index contributed by atoms with van der Waals surface area (Å²) in [6, 6.07) is 20.2. The van der Waals surface area contributed by atoms with Crippen LogP contribution in [0.1, 0.15) is 34.7 Å². The van der Waals surface area contributed by atoms with Gasteiger partial charge in [-0.25, -0.2) is 4.99 Å². The number of aryl methyl sites for hydroxylation is 1. The highest BCUT2D eigenvalue weighted by atomic mass is 79.9. The summed E-state index contributed by atoms with van der Waals surface area (Å²) in [6.45, 7) is 0. The van der Waals surface area contributed by atoms with Crippen LogP contribution >= 0.6 is 27.3 Å². The first-order chi connectivity index (χ1) is 18.9. The summed E-state index contributed by atoms with van der Waals surface area (Å²) in [5.41, 5.74) is 7.52. The van der Waals surface area contributed by atoms with Gasteiger partial charge >= 0.3 is 0 Å². The second-order valence-corrected chi connectivity index (χ2v) is 11.7. The van der Waals surface area contributed by atoms with Gasteiger partial charge in [-0.1, -0.05) is 47.7 Å². The molecule has 6 nitrogen and oxygen atoms in total.